The molecule has 164 valence electrons. The molecule has 1 saturated heterocycles. The standard InChI is InChI=1S/C19H19ClFN5O4S/c1-19(9-30-10-19)25-31(28,29)17-13-4-2-3-5-26(13)16(15(17)20)18(27)24-11-6-12(8-22)23-14(21)7-11/h6-7,25H,2-5,9-10H2,1H3,(H,23,24,27). The number of amides is 1. The van der Waals surface area contributed by atoms with Gasteiger partial charge in [0.25, 0.3) is 5.91 Å². The average Bonchev–Trinajstić information content (AvgIpc) is 2.98. The van der Waals surface area contributed by atoms with Crippen molar-refractivity contribution in [2.24, 2.45) is 0 Å². The lowest BCUT2D eigenvalue weighted by atomic mass is 10.0. The van der Waals surface area contributed by atoms with Crippen LogP contribution in [0.15, 0.2) is 17.0 Å². The molecule has 31 heavy (non-hydrogen) atoms. The number of fused-ring (bicyclic) bond motifs is 1. The second kappa shape index (κ2) is 7.87. The van der Waals surface area contributed by atoms with Crippen molar-refractivity contribution in [1.82, 2.24) is 14.3 Å². The Balaban J connectivity index is 1.74. The lowest BCUT2D eigenvalue weighted by Crippen LogP contribution is -2.59. The molecule has 2 aliphatic heterocycles. The Morgan fingerprint density at radius 3 is 2.77 bits per heavy atom. The van der Waals surface area contributed by atoms with Gasteiger partial charge in [0.2, 0.25) is 16.0 Å². The van der Waals surface area contributed by atoms with E-state index in [1.807, 2.05) is 0 Å². The molecule has 0 aromatic carbocycles. The summed E-state index contributed by atoms with van der Waals surface area (Å²) in [5, 5.41) is 11.2. The van der Waals surface area contributed by atoms with Crippen LogP contribution in [0.2, 0.25) is 5.02 Å². The number of sulfonamides is 1. The van der Waals surface area contributed by atoms with Crippen LogP contribution in [0.25, 0.3) is 0 Å². The number of nitrogens with one attached hydrogen (secondary N) is 2. The molecule has 0 saturated carbocycles. The first-order valence-corrected chi connectivity index (χ1v) is 11.4. The highest BCUT2D eigenvalue weighted by Gasteiger charge is 2.41. The van der Waals surface area contributed by atoms with Crippen molar-refractivity contribution in [2.45, 2.75) is 43.2 Å². The van der Waals surface area contributed by atoms with Crippen LogP contribution in [0.5, 0.6) is 0 Å². The molecule has 0 radical (unpaired) electrons. The van der Waals surface area contributed by atoms with Crippen LogP contribution in [0, 0.1) is 17.3 Å². The van der Waals surface area contributed by atoms with E-state index >= 15 is 0 Å². The molecule has 0 atom stereocenters. The van der Waals surface area contributed by atoms with Crippen molar-refractivity contribution < 1.29 is 22.3 Å². The van der Waals surface area contributed by atoms with Gasteiger partial charge in [0.1, 0.15) is 22.4 Å². The van der Waals surface area contributed by atoms with Gasteiger partial charge in [0, 0.05) is 24.0 Å². The Morgan fingerprint density at radius 2 is 2.13 bits per heavy atom. The van der Waals surface area contributed by atoms with Crippen LogP contribution in [-0.4, -0.2) is 42.6 Å². The van der Waals surface area contributed by atoms with Crippen LogP contribution in [0.3, 0.4) is 0 Å². The molecule has 2 N–H and O–H groups in total. The zero-order chi connectivity index (χ0) is 22.4. The Kier molecular flexibility index (Phi) is 5.51. The summed E-state index contributed by atoms with van der Waals surface area (Å²) in [6.45, 7) is 2.62. The molecule has 9 nitrogen and oxygen atoms in total. The third-order valence-corrected chi connectivity index (χ3v) is 7.40. The number of pyridine rings is 1. The minimum Gasteiger partial charge on any atom is -0.377 e. The van der Waals surface area contributed by atoms with Gasteiger partial charge in [-0.3, -0.25) is 4.79 Å². The van der Waals surface area contributed by atoms with Crippen LogP contribution in [0.4, 0.5) is 10.1 Å². The number of halogens is 2. The first-order chi connectivity index (χ1) is 14.6. The van der Waals surface area contributed by atoms with Crippen molar-refractivity contribution in [3.05, 3.63) is 40.2 Å². The molecule has 2 aromatic heterocycles. The van der Waals surface area contributed by atoms with Crippen LogP contribution < -0.4 is 10.0 Å². The van der Waals surface area contributed by atoms with Crippen molar-refractivity contribution >= 4 is 33.2 Å². The van der Waals surface area contributed by atoms with Crippen molar-refractivity contribution in [3.63, 3.8) is 0 Å². The smallest absolute Gasteiger partial charge is 0.273 e. The van der Waals surface area contributed by atoms with E-state index in [1.54, 1.807) is 17.6 Å². The first kappa shape index (κ1) is 21.7. The molecule has 12 heteroatoms. The highest BCUT2D eigenvalue weighted by atomic mass is 35.5. The molecule has 1 amide bonds. The molecule has 0 bridgehead atoms. The van der Waals surface area contributed by atoms with Crippen molar-refractivity contribution in [3.8, 4) is 6.07 Å². The van der Waals surface area contributed by atoms with Crippen LogP contribution >= 0.6 is 11.6 Å². The molecular weight excluding hydrogens is 449 g/mol. The third kappa shape index (κ3) is 4.04. The summed E-state index contributed by atoms with van der Waals surface area (Å²) >= 11 is 6.47. The Labute approximate surface area is 183 Å². The Bertz CT molecular complexity index is 1220. The van der Waals surface area contributed by atoms with Gasteiger partial charge < -0.3 is 14.6 Å². The summed E-state index contributed by atoms with van der Waals surface area (Å²) in [7, 11) is -4.03. The van der Waals surface area contributed by atoms with Gasteiger partial charge in [-0.2, -0.15) is 9.65 Å². The zero-order valence-electron chi connectivity index (χ0n) is 16.5. The lowest BCUT2D eigenvalue weighted by Gasteiger charge is -2.38. The van der Waals surface area contributed by atoms with Crippen LogP contribution in [-0.2, 0) is 27.7 Å². The molecule has 0 spiro atoms. The van der Waals surface area contributed by atoms with Gasteiger partial charge in [-0.15, -0.1) is 0 Å². The SMILES string of the molecule is CC1(NS(=O)(=O)c2c(Cl)c(C(=O)Nc3cc(F)nc(C#N)c3)n3c2CCCC3)COC1. The number of ether oxygens (including phenoxy) is 1. The van der Waals surface area contributed by atoms with E-state index in [2.05, 4.69) is 15.0 Å². The maximum absolute atomic E-state index is 13.6. The fourth-order valence-corrected chi connectivity index (χ4v) is 6.15. The minimum absolute atomic E-state index is 0.0122. The van der Waals surface area contributed by atoms with Gasteiger partial charge in [0.15, 0.2) is 0 Å². The zero-order valence-corrected chi connectivity index (χ0v) is 18.1. The number of aromatic nitrogens is 2. The van der Waals surface area contributed by atoms with E-state index in [0.29, 0.717) is 18.7 Å². The fourth-order valence-electron chi connectivity index (χ4n) is 3.82. The Hall–Kier alpha value is -2.52. The maximum Gasteiger partial charge on any atom is 0.273 e. The molecule has 1 fully saturated rings. The summed E-state index contributed by atoms with van der Waals surface area (Å²) in [5.74, 6) is -1.64. The topological polar surface area (TPSA) is 126 Å². The van der Waals surface area contributed by atoms with Gasteiger partial charge in [-0.05, 0) is 32.3 Å². The van der Waals surface area contributed by atoms with Gasteiger partial charge in [-0.25, -0.2) is 18.1 Å². The number of anilines is 1. The van der Waals surface area contributed by atoms with Crippen LogP contribution in [0.1, 0.15) is 41.6 Å². The van der Waals surface area contributed by atoms with E-state index < -0.39 is 27.4 Å². The van der Waals surface area contributed by atoms with Crippen molar-refractivity contribution in [1.29, 1.82) is 5.26 Å². The summed E-state index contributed by atoms with van der Waals surface area (Å²) in [6.07, 6.45) is 1.95. The molecule has 0 unspecified atom stereocenters. The van der Waals surface area contributed by atoms with E-state index in [9.17, 15) is 17.6 Å². The fraction of sp³-hybridized carbons (Fsp3) is 0.421. The van der Waals surface area contributed by atoms with Crippen molar-refractivity contribution in [2.75, 3.05) is 18.5 Å². The predicted octanol–water partition coefficient (Wildman–Crippen LogP) is 2.20. The summed E-state index contributed by atoms with van der Waals surface area (Å²) in [4.78, 5) is 16.3. The van der Waals surface area contributed by atoms with E-state index in [1.165, 1.54) is 6.07 Å². The third-order valence-electron chi connectivity index (χ3n) is 5.18. The largest absolute Gasteiger partial charge is 0.377 e. The van der Waals surface area contributed by atoms with E-state index in [-0.39, 0.29) is 40.2 Å². The molecule has 0 aliphatic carbocycles. The number of hydrogen-bond acceptors (Lipinski definition) is 6. The number of nitrogens with zero attached hydrogens (tertiary/aromatic N) is 3. The first-order valence-electron chi connectivity index (χ1n) is 9.55. The second-order valence-electron chi connectivity index (χ2n) is 7.84. The molecule has 2 aromatic rings. The average molecular weight is 468 g/mol. The maximum atomic E-state index is 13.6. The number of hydrogen-bond donors (Lipinski definition) is 2. The predicted molar refractivity (Wildman–Crippen MR) is 109 cm³/mol. The summed E-state index contributed by atoms with van der Waals surface area (Å²) in [5.41, 5.74) is -0.505. The van der Waals surface area contributed by atoms with E-state index in [4.69, 9.17) is 21.6 Å². The number of carbonyl (C=O) groups is 1. The molecule has 4 rings (SSSR count). The highest BCUT2D eigenvalue weighted by molar-refractivity contribution is 7.89. The highest BCUT2D eigenvalue weighted by Crippen LogP contribution is 2.37. The summed E-state index contributed by atoms with van der Waals surface area (Å²) in [6, 6.07) is 3.88. The quantitative estimate of drug-likeness (QED) is 0.649. The molecule has 2 aliphatic rings. The minimum atomic E-state index is -4.03. The number of rotatable bonds is 5. The molecular formula is C19H19ClFN5O4S. The molecule has 4 heterocycles. The van der Waals surface area contributed by atoms with E-state index in [0.717, 1.165) is 18.9 Å². The Morgan fingerprint density at radius 1 is 1.39 bits per heavy atom. The number of carbonyl (C=O) groups excluding carboxylic acids is 1. The summed E-state index contributed by atoms with van der Waals surface area (Å²) < 4.78 is 49.3. The lowest BCUT2D eigenvalue weighted by molar-refractivity contribution is -0.0523. The normalized spacial score (nSPS) is 17.4. The van der Waals surface area contributed by atoms with Gasteiger partial charge >= 0.3 is 0 Å². The van der Waals surface area contributed by atoms with Gasteiger partial charge in [0.05, 0.1) is 23.8 Å². The second-order valence-corrected chi connectivity index (χ2v) is 9.83. The monoisotopic (exact) mass is 467 g/mol. The van der Waals surface area contributed by atoms with Gasteiger partial charge in [-0.1, -0.05) is 11.6 Å². The number of nitriles is 1.